The maximum absolute atomic E-state index is 13.6. The van der Waals surface area contributed by atoms with E-state index < -0.39 is 58.1 Å². The Labute approximate surface area is 286 Å². The highest BCUT2D eigenvalue weighted by atomic mass is 19.1. The van der Waals surface area contributed by atoms with E-state index >= 15 is 0 Å². The fourth-order valence-electron chi connectivity index (χ4n) is 4.44. The summed E-state index contributed by atoms with van der Waals surface area (Å²) in [7, 11) is 1.31. The second-order valence-corrected chi connectivity index (χ2v) is 10.8. The third kappa shape index (κ3) is 9.99. The highest BCUT2D eigenvalue weighted by molar-refractivity contribution is 6.05. The Hall–Kier alpha value is -6.04. The molecule has 0 radical (unpaired) electrons. The van der Waals surface area contributed by atoms with Gasteiger partial charge >= 0.3 is 11.9 Å². The summed E-state index contributed by atoms with van der Waals surface area (Å²) in [4.78, 5) is 46.6. The van der Waals surface area contributed by atoms with E-state index in [9.17, 15) is 36.7 Å². The molecule has 8 nitrogen and oxygen atoms in total. The smallest absolute Gasteiger partial charge is 0.333 e. The zero-order valence-electron chi connectivity index (χ0n) is 28.0. The summed E-state index contributed by atoms with van der Waals surface area (Å²) in [5, 5.41) is 4.89. The molecule has 0 aromatic heterocycles. The van der Waals surface area contributed by atoms with Gasteiger partial charge in [-0.1, -0.05) is 36.4 Å². The molecule has 12 heteroatoms. The summed E-state index contributed by atoms with van der Waals surface area (Å²) in [5.41, 5.74) is 2.99. The lowest BCUT2D eigenvalue weighted by atomic mass is 10.0. The first-order valence-electron chi connectivity index (χ1n) is 15.0. The molecule has 0 aliphatic rings. The van der Waals surface area contributed by atoms with Gasteiger partial charge in [0.25, 0.3) is 11.8 Å². The lowest BCUT2D eigenvalue weighted by Crippen LogP contribution is -2.15. The SMILES string of the molecule is CC(=O)OC(C)=C(C)c1ccc(NC(=O)c2c(F)cccc2F)cc1.COC(=O)/C(C)=C(\C)c1ccc(NC(=O)c2c(F)cccc2F)cc1. The van der Waals surface area contributed by atoms with Crippen LogP contribution in [0.25, 0.3) is 11.1 Å². The monoisotopic (exact) mass is 690 g/mol. The molecule has 0 atom stereocenters. The van der Waals surface area contributed by atoms with Crippen molar-refractivity contribution < 1.29 is 46.2 Å². The average molecular weight is 691 g/mol. The number of hydrogen-bond acceptors (Lipinski definition) is 6. The van der Waals surface area contributed by atoms with Crippen molar-refractivity contribution in [2.24, 2.45) is 0 Å². The number of methoxy groups -OCH3 is 1. The predicted molar refractivity (Wildman–Crippen MR) is 182 cm³/mol. The zero-order valence-corrected chi connectivity index (χ0v) is 28.0. The van der Waals surface area contributed by atoms with Crippen LogP contribution in [0.2, 0.25) is 0 Å². The number of benzene rings is 4. The Balaban J connectivity index is 0.000000270. The van der Waals surface area contributed by atoms with E-state index in [-0.39, 0.29) is 0 Å². The standard InChI is InChI=1S/2C19H17F2NO3/c1-11(12(2)19(24)25-3)13-7-9-14(10-8-13)22-18(23)17-15(20)5-4-6-16(17)21;1-11(12(2)25-13(3)23)14-7-9-15(10-8-14)22-19(24)18-16(20)5-4-6-17(18)21/h4-10H,1-3H3,(H,22,23);4-10H,1-3H3,(H,22,24)/b12-11+;. The molecule has 2 N–H and O–H groups in total. The van der Waals surface area contributed by atoms with E-state index in [2.05, 4.69) is 15.4 Å². The molecule has 4 aromatic rings. The molecule has 0 bridgehead atoms. The molecule has 0 saturated carbocycles. The second-order valence-electron chi connectivity index (χ2n) is 10.8. The Bertz CT molecular complexity index is 1930. The molecule has 0 unspecified atom stereocenters. The number of esters is 2. The molecule has 50 heavy (non-hydrogen) atoms. The van der Waals surface area contributed by atoms with Crippen LogP contribution in [0, 0.1) is 23.3 Å². The minimum absolute atomic E-state index is 0.375. The maximum atomic E-state index is 13.6. The van der Waals surface area contributed by atoms with E-state index in [1.54, 1.807) is 76.2 Å². The molecule has 0 aliphatic heterocycles. The van der Waals surface area contributed by atoms with Gasteiger partial charge in [-0.25, -0.2) is 22.4 Å². The van der Waals surface area contributed by atoms with Crippen molar-refractivity contribution in [3.8, 4) is 0 Å². The summed E-state index contributed by atoms with van der Waals surface area (Å²) in [5.74, 6) is -5.82. The van der Waals surface area contributed by atoms with E-state index in [0.717, 1.165) is 46.5 Å². The Morgan fingerprint density at radius 1 is 0.540 bits per heavy atom. The van der Waals surface area contributed by atoms with Crippen LogP contribution >= 0.6 is 0 Å². The number of ether oxygens (including phenoxy) is 2. The normalized spacial score (nSPS) is 11.6. The Morgan fingerprint density at radius 3 is 1.24 bits per heavy atom. The van der Waals surface area contributed by atoms with Crippen molar-refractivity contribution in [3.63, 3.8) is 0 Å². The van der Waals surface area contributed by atoms with Gasteiger partial charge < -0.3 is 20.1 Å². The van der Waals surface area contributed by atoms with Crippen molar-refractivity contribution >= 4 is 46.3 Å². The van der Waals surface area contributed by atoms with Crippen molar-refractivity contribution in [2.45, 2.75) is 34.6 Å². The largest absolute Gasteiger partial charge is 0.466 e. The Morgan fingerprint density at radius 2 is 0.900 bits per heavy atom. The van der Waals surface area contributed by atoms with Crippen LogP contribution < -0.4 is 10.6 Å². The Kier molecular flexibility index (Phi) is 13.4. The first-order chi connectivity index (χ1) is 23.6. The summed E-state index contributed by atoms with van der Waals surface area (Å²) < 4.78 is 64.2. The molecule has 0 fully saturated rings. The summed E-state index contributed by atoms with van der Waals surface area (Å²) >= 11 is 0. The molecule has 0 heterocycles. The van der Waals surface area contributed by atoms with Crippen LogP contribution in [-0.4, -0.2) is 30.9 Å². The fraction of sp³-hybridized carbons (Fsp3) is 0.158. The van der Waals surface area contributed by atoms with E-state index in [0.29, 0.717) is 22.7 Å². The third-order valence-electron chi connectivity index (χ3n) is 7.41. The van der Waals surface area contributed by atoms with Crippen LogP contribution in [0.5, 0.6) is 0 Å². The van der Waals surface area contributed by atoms with Crippen LogP contribution in [0.15, 0.2) is 96.3 Å². The second kappa shape index (κ2) is 17.4. The van der Waals surface area contributed by atoms with Gasteiger partial charge in [-0.05, 0) is 98.5 Å². The topological polar surface area (TPSA) is 111 Å². The van der Waals surface area contributed by atoms with Crippen molar-refractivity contribution in [1.29, 1.82) is 0 Å². The van der Waals surface area contributed by atoms with E-state index in [1.165, 1.54) is 26.2 Å². The zero-order chi connectivity index (χ0) is 37.1. The number of hydrogen-bond donors (Lipinski definition) is 2. The van der Waals surface area contributed by atoms with E-state index in [1.807, 2.05) is 0 Å². The lowest BCUT2D eigenvalue weighted by Gasteiger charge is -2.10. The molecule has 0 saturated heterocycles. The van der Waals surface area contributed by atoms with Crippen molar-refractivity contribution in [2.75, 3.05) is 17.7 Å². The summed E-state index contributed by atoms with van der Waals surface area (Å²) in [6.45, 7) is 8.21. The molecule has 0 spiro atoms. The molecule has 2 amide bonds. The molecular weight excluding hydrogens is 656 g/mol. The third-order valence-corrected chi connectivity index (χ3v) is 7.41. The van der Waals surface area contributed by atoms with Crippen LogP contribution in [0.1, 0.15) is 66.5 Å². The van der Waals surface area contributed by atoms with Crippen molar-refractivity contribution in [3.05, 3.63) is 142 Å². The average Bonchev–Trinajstić information content (AvgIpc) is 3.07. The molecule has 260 valence electrons. The van der Waals surface area contributed by atoms with Crippen molar-refractivity contribution in [1.82, 2.24) is 0 Å². The quantitative estimate of drug-likeness (QED) is 0.0829. The number of carbonyl (C=O) groups excluding carboxylic acids is 4. The first kappa shape index (κ1) is 38.4. The van der Waals surface area contributed by atoms with E-state index in [4.69, 9.17) is 4.74 Å². The number of halogens is 4. The fourth-order valence-corrected chi connectivity index (χ4v) is 4.44. The van der Waals surface area contributed by atoms with Crippen LogP contribution in [0.4, 0.5) is 28.9 Å². The van der Waals surface area contributed by atoms with Gasteiger partial charge in [0, 0.05) is 23.9 Å². The van der Waals surface area contributed by atoms with Crippen LogP contribution in [0.3, 0.4) is 0 Å². The minimum atomic E-state index is -0.929. The predicted octanol–water partition coefficient (Wildman–Crippen LogP) is 8.71. The number of carbonyl (C=O) groups is 4. The highest BCUT2D eigenvalue weighted by Crippen LogP contribution is 2.24. The van der Waals surface area contributed by atoms with Gasteiger partial charge in [0.2, 0.25) is 0 Å². The van der Waals surface area contributed by atoms with Crippen LogP contribution in [-0.2, 0) is 19.1 Å². The summed E-state index contributed by atoms with van der Waals surface area (Å²) in [6.07, 6.45) is 0. The molecule has 4 rings (SSSR count). The molecule has 4 aromatic carbocycles. The van der Waals surface area contributed by atoms with Gasteiger partial charge in [-0.3, -0.25) is 14.4 Å². The minimum Gasteiger partial charge on any atom is -0.466 e. The number of rotatable bonds is 8. The number of anilines is 2. The van der Waals surface area contributed by atoms with Gasteiger partial charge in [0.1, 0.15) is 40.2 Å². The molecular formula is C38H34F4N2O6. The number of nitrogens with one attached hydrogen (secondary N) is 2. The lowest BCUT2D eigenvalue weighted by molar-refractivity contribution is -0.137. The number of amides is 2. The van der Waals surface area contributed by atoms with Gasteiger partial charge in [-0.15, -0.1) is 0 Å². The number of allylic oxidation sites excluding steroid dienone is 3. The summed E-state index contributed by atoms with van der Waals surface area (Å²) in [6, 6.07) is 19.6. The maximum Gasteiger partial charge on any atom is 0.333 e. The highest BCUT2D eigenvalue weighted by Gasteiger charge is 2.18. The van der Waals surface area contributed by atoms with Gasteiger partial charge in [-0.2, -0.15) is 0 Å². The van der Waals surface area contributed by atoms with Gasteiger partial charge in [0.05, 0.1) is 7.11 Å². The first-order valence-corrected chi connectivity index (χ1v) is 15.0. The molecule has 0 aliphatic carbocycles. The van der Waals surface area contributed by atoms with Gasteiger partial charge in [0.15, 0.2) is 0 Å².